The summed E-state index contributed by atoms with van der Waals surface area (Å²) in [7, 11) is 0. The van der Waals surface area contributed by atoms with Gasteiger partial charge in [-0.05, 0) is 36.1 Å². The van der Waals surface area contributed by atoms with E-state index in [1.165, 1.54) is 12.5 Å². The van der Waals surface area contributed by atoms with Crippen molar-refractivity contribution in [2.75, 3.05) is 0 Å². The summed E-state index contributed by atoms with van der Waals surface area (Å²) in [6.07, 6.45) is 5.43. The van der Waals surface area contributed by atoms with Crippen LogP contribution in [0, 0.1) is 0 Å². The molecule has 2 rings (SSSR count). The molecule has 1 amide bonds. The van der Waals surface area contributed by atoms with E-state index in [9.17, 15) is 13.6 Å². The van der Waals surface area contributed by atoms with E-state index in [1.807, 2.05) is 0 Å². The third-order valence-corrected chi connectivity index (χ3v) is 3.97. The highest BCUT2D eigenvalue weighted by Gasteiger charge is 2.18. The van der Waals surface area contributed by atoms with Crippen molar-refractivity contribution in [3.8, 4) is 0 Å². The summed E-state index contributed by atoms with van der Waals surface area (Å²) in [4.78, 5) is 12.1. The lowest BCUT2D eigenvalue weighted by atomic mass is 9.95. The lowest BCUT2D eigenvalue weighted by Crippen LogP contribution is -2.36. The molecule has 18 heavy (non-hydrogen) atoms. The van der Waals surface area contributed by atoms with E-state index >= 15 is 0 Å². The summed E-state index contributed by atoms with van der Waals surface area (Å²) < 4.78 is 22.1. The molecule has 1 aromatic rings. The Balaban J connectivity index is 2.10. The number of amides is 1. The Morgan fingerprint density at radius 1 is 1.22 bits per heavy atom. The Labute approximate surface area is 109 Å². The topological polar surface area (TPSA) is 69.2 Å². The number of hydrogen-bond acceptors (Lipinski definition) is 3. The second-order valence-corrected chi connectivity index (χ2v) is 5.45. The van der Waals surface area contributed by atoms with Crippen molar-refractivity contribution < 1.29 is 13.6 Å². The second kappa shape index (κ2) is 6.11. The summed E-state index contributed by atoms with van der Waals surface area (Å²) in [5, 5.41) is 2.92. The fraction of sp³-hybridized carbons (Fsp3) is 0.462. The van der Waals surface area contributed by atoms with Crippen molar-refractivity contribution in [2.24, 2.45) is 0 Å². The van der Waals surface area contributed by atoms with Crippen LogP contribution in [-0.2, 0) is 11.1 Å². The van der Waals surface area contributed by atoms with Gasteiger partial charge in [-0.1, -0.05) is 31.4 Å². The van der Waals surface area contributed by atoms with E-state index in [4.69, 9.17) is 0 Å². The average Bonchev–Trinajstić information content (AvgIpc) is 2.40. The first-order chi connectivity index (χ1) is 8.68. The molecule has 0 bridgehead atoms. The van der Waals surface area contributed by atoms with Gasteiger partial charge in [0.25, 0.3) is 5.91 Å². The highest BCUT2D eigenvalue weighted by Crippen LogP contribution is 2.19. The molecule has 1 unspecified atom stereocenters. The summed E-state index contributed by atoms with van der Waals surface area (Å²) in [5.41, 5.74) is 0.233. The Morgan fingerprint density at radius 3 is 2.56 bits per heavy atom. The average molecular weight is 266 g/mol. The van der Waals surface area contributed by atoms with Gasteiger partial charge in [-0.25, -0.2) is 0 Å². The molecule has 5 heteroatoms. The Hall–Kier alpha value is -1.20. The molecule has 1 fully saturated rings. The molecule has 1 aliphatic rings. The maximum absolute atomic E-state index is 12.1. The second-order valence-electron chi connectivity index (χ2n) is 4.54. The monoisotopic (exact) mass is 266 g/mol. The molecule has 0 aromatic heterocycles. The van der Waals surface area contributed by atoms with Gasteiger partial charge in [-0.15, -0.1) is 0 Å². The molecule has 1 N–H and O–H groups in total. The van der Waals surface area contributed by atoms with Gasteiger partial charge in [0.1, 0.15) is 0 Å². The summed E-state index contributed by atoms with van der Waals surface area (Å²) in [5.74, 6) is -0.290. The Bertz CT molecular complexity index is 455. The molecule has 0 radical (unpaired) electrons. The first kappa shape index (κ1) is 13.2. The van der Waals surface area contributed by atoms with Crippen molar-refractivity contribution >= 4 is 17.0 Å². The summed E-state index contributed by atoms with van der Waals surface area (Å²) >= 11 is -2.38. The first-order valence-electron chi connectivity index (χ1n) is 6.17. The van der Waals surface area contributed by atoms with Crippen LogP contribution in [0.2, 0.25) is 0 Å². The quantitative estimate of drug-likeness (QED) is 0.851. The Morgan fingerprint density at radius 2 is 1.89 bits per heavy atom. The van der Waals surface area contributed by atoms with Crippen LogP contribution in [0.5, 0.6) is 0 Å². The smallest absolute Gasteiger partial charge is 0.252 e. The molecular formula is C13H16NO3S-. The molecule has 98 valence electrons. The van der Waals surface area contributed by atoms with Crippen molar-refractivity contribution in [3.05, 3.63) is 29.8 Å². The maximum atomic E-state index is 12.1. The van der Waals surface area contributed by atoms with E-state index < -0.39 is 11.1 Å². The number of nitrogens with one attached hydrogen (secondary N) is 1. The number of benzene rings is 1. The zero-order chi connectivity index (χ0) is 13.0. The predicted molar refractivity (Wildman–Crippen MR) is 68.0 cm³/mol. The third-order valence-electron chi connectivity index (χ3n) is 3.25. The lowest BCUT2D eigenvalue weighted by Gasteiger charge is -2.23. The SMILES string of the molecule is O=C(NC1CCCCC1)c1ccccc1S(=O)[O-]. The molecule has 0 spiro atoms. The number of carbonyl (C=O) groups is 1. The van der Waals surface area contributed by atoms with Crippen molar-refractivity contribution in [2.45, 2.75) is 43.0 Å². The molecule has 1 saturated carbocycles. The van der Waals surface area contributed by atoms with Crippen LogP contribution in [0.1, 0.15) is 42.5 Å². The number of rotatable bonds is 3. The van der Waals surface area contributed by atoms with E-state index in [0.717, 1.165) is 25.7 Å². The van der Waals surface area contributed by atoms with Gasteiger partial charge in [0.2, 0.25) is 0 Å². The lowest BCUT2D eigenvalue weighted by molar-refractivity contribution is 0.0924. The zero-order valence-electron chi connectivity index (χ0n) is 10.1. The minimum absolute atomic E-state index is 0.0609. The molecule has 4 nitrogen and oxygen atoms in total. The van der Waals surface area contributed by atoms with E-state index in [-0.39, 0.29) is 22.4 Å². The van der Waals surface area contributed by atoms with E-state index in [0.29, 0.717) is 0 Å². The molecule has 0 heterocycles. The van der Waals surface area contributed by atoms with Crippen LogP contribution in [-0.4, -0.2) is 20.7 Å². The highest BCUT2D eigenvalue weighted by molar-refractivity contribution is 7.79. The van der Waals surface area contributed by atoms with E-state index in [1.54, 1.807) is 18.2 Å². The van der Waals surface area contributed by atoms with Gasteiger partial charge < -0.3 is 9.87 Å². The van der Waals surface area contributed by atoms with Crippen molar-refractivity contribution in [3.63, 3.8) is 0 Å². The zero-order valence-corrected chi connectivity index (χ0v) is 10.9. The number of hydrogen-bond donors (Lipinski definition) is 1. The van der Waals surface area contributed by atoms with Gasteiger partial charge in [-0.2, -0.15) is 0 Å². The van der Waals surface area contributed by atoms with Gasteiger partial charge in [0.15, 0.2) is 0 Å². The number of carbonyl (C=O) groups excluding carboxylic acids is 1. The molecule has 1 aromatic carbocycles. The summed E-state index contributed by atoms with van der Waals surface area (Å²) in [6, 6.07) is 6.45. The molecular weight excluding hydrogens is 250 g/mol. The maximum Gasteiger partial charge on any atom is 0.252 e. The summed E-state index contributed by atoms with van der Waals surface area (Å²) in [6.45, 7) is 0. The van der Waals surface area contributed by atoms with Gasteiger partial charge in [0.05, 0.1) is 5.56 Å². The van der Waals surface area contributed by atoms with Gasteiger partial charge >= 0.3 is 0 Å². The standard InChI is InChI=1S/C13H17NO3S/c15-13(14-10-6-2-1-3-7-10)11-8-4-5-9-12(11)18(16)17/h4-5,8-10H,1-3,6-7H2,(H,14,15)(H,16,17)/p-1. The van der Waals surface area contributed by atoms with Crippen molar-refractivity contribution in [1.29, 1.82) is 0 Å². The van der Waals surface area contributed by atoms with Crippen LogP contribution in [0.15, 0.2) is 29.2 Å². The largest absolute Gasteiger partial charge is 0.768 e. The van der Waals surface area contributed by atoms with Crippen LogP contribution >= 0.6 is 0 Å². The highest BCUT2D eigenvalue weighted by atomic mass is 32.2. The van der Waals surface area contributed by atoms with E-state index in [2.05, 4.69) is 5.32 Å². The minimum Gasteiger partial charge on any atom is -0.768 e. The molecule has 1 atom stereocenters. The van der Waals surface area contributed by atoms with Crippen LogP contribution in [0.4, 0.5) is 0 Å². The van der Waals surface area contributed by atoms with Crippen LogP contribution in [0.25, 0.3) is 0 Å². The fourth-order valence-corrected chi connectivity index (χ4v) is 2.84. The fourth-order valence-electron chi connectivity index (χ4n) is 2.31. The van der Waals surface area contributed by atoms with Crippen molar-refractivity contribution in [1.82, 2.24) is 5.32 Å². The van der Waals surface area contributed by atoms with Gasteiger partial charge in [0, 0.05) is 10.9 Å². The first-order valence-corrected chi connectivity index (χ1v) is 7.25. The third kappa shape index (κ3) is 3.17. The van der Waals surface area contributed by atoms with Gasteiger partial charge in [-0.3, -0.25) is 9.00 Å². The molecule has 1 aliphatic carbocycles. The normalized spacial score (nSPS) is 18.3. The predicted octanol–water partition coefficient (Wildman–Crippen LogP) is 1.99. The Kier molecular flexibility index (Phi) is 4.49. The van der Waals surface area contributed by atoms with Crippen LogP contribution in [0.3, 0.4) is 0 Å². The molecule has 0 saturated heterocycles. The van der Waals surface area contributed by atoms with Crippen LogP contribution < -0.4 is 5.32 Å². The molecule has 0 aliphatic heterocycles. The minimum atomic E-state index is -2.38.